The van der Waals surface area contributed by atoms with Gasteiger partial charge in [0.2, 0.25) is 0 Å². The molecule has 0 atom stereocenters. The highest BCUT2D eigenvalue weighted by molar-refractivity contribution is 14.1. The summed E-state index contributed by atoms with van der Waals surface area (Å²) in [5.41, 5.74) is 0.739. The van der Waals surface area contributed by atoms with Crippen LogP contribution in [-0.4, -0.2) is 47.7 Å². The third-order valence-corrected chi connectivity index (χ3v) is 4.44. The number of benzene rings is 1. The standard InChI is InChI=1S/C15H18INO4/c16-13-4-2-1-3-12(13)15(20)17-8-5-11(6-9-17)21-10-7-14(18)19/h1-4,11H,5-10H2,(H,18,19). The van der Waals surface area contributed by atoms with Gasteiger partial charge in [0.1, 0.15) is 0 Å². The van der Waals surface area contributed by atoms with E-state index in [1.807, 2.05) is 29.2 Å². The summed E-state index contributed by atoms with van der Waals surface area (Å²) in [4.78, 5) is 24.7. The first-order chi connectivity index (χ1) is 10.1. The fourth-order valence-electron chi connectivity index (χ4n) is 2.34. The Bertz CT molecular complexity index is 512. The number of aliphatic carboxylic acids is 1. The maximum absolute atomic E-state index is 12.4. The van der Waals surface area contributed by atoms with E-state index in [9.17, 15) is 9.59 Å². The number of amides is 1. The number of carboxylic acids is 1. The van der Waals surface area contributed by atoms with Crippen molar-refractivity contribution in [3.8, 4) is 0 Å². The first kappa shape index (κ1) is 16.2. The first-order valence-electron chi connectivity index (χ1n) is 6.95. The number of hydrogen-bond donors (Lipinski definition) is 1. The molecule has 1 aromatic rings. The van der Waals surface area contributed by atoms with E-state index in [1.165, 1.54) is 0 Å². The zero-order valence-electron chi connectivity index (χ0n) is 11.6. The van der Waals surface area contributed by atoms with Crippen molar-refractivity contribution < 1.29 is 19.4 Å². The van der Waals surface area contributed by atoms with Gasteiger partial charge in [0.15, 0.2) is 0 Å². The van der Waals surface area contributed by atoms with E-state index in [1.54, 1.807) is 0 Å². The molecule has 114 valence electrons. The summed E-state index contributed by atoms with van der Waals surface area (Å²) in [5, 5.41) is 8.58. The third-order valence-electron chi connectivity index (χ3n) is 3.50. The summed E-state index contributed by atoms with van der Waals surface area (Å²) in [7, 11) is 0. The molecule has 0 saturated carbocycles. The van der Waals surface area contributed by atoms with Crippen LogP contribution in [0.25, 0.3) is 0 Å². The van der Waals surface area contributed by atoms with Gasteiger partial charge in [0, 0.05) is 16.7 Å². The molecule has 0 aliphatic carbocycles. The number of likely N-dealkylation sites (tertiary alicyclic amines) is 1. The quantitative estimate of drug-likeness (QED) is 0.767. The summed E-state index contributed by atoms with van der Waals surface area (Å²) >= 11 is 2.17. The topological polar surface area (TPSA) is 66.8 Å². The van der Waals surface area contributed by atoms with Gasteiger partial charge in [-0.15, -0.1) is 0 Å². The number of carbonyl (C=O) groups excluding carboxylic acids is 1. The molecule has 1 heterocycles. The lowest BCUT2D eigenvalue weighted by molar-refractivity contribution is -0.138. The molecule has 1 N–H and O–H groups in total. The molecular weight excluding hydrogens is 385 g/mol. The normalized spacial score (nSPS) is 16.0. The van der Waals surface area contributed by atoms with Crippen LogP contribution >= 0.6 is 22.6 Å². The summed E-state index contributed by atoms with van der Waals surface area (Å²) in [6.45, 7) is 1.55. The van der Waals surface area contributed by atoms with E-state index in [4.69, 9.17) is 9.84 Å². The second kappa shape index (κ2) is 7.74. The highest BCUT2D eigenvalue weighted by Crippen LogP contribution is 2.19. The van der Waals surface area contributed by atoms with E-state index < -0.39 is 5.97 Å². The van der Waals surface area contributed by atoms with Crippen LogP contribution in [0, 0.1) is 3.57 Å². The smallest absolute Gasteiger partial charge is 0.305 e. The molecule has 21 heavy (non-hydrogen) atoms. The summed E-state index contributed by atoms with van der Waals surface area (Å²) in [6.07, 6.45) is 1.61. The summed E-state index contributed by atoms with van der Waals surface area (Å²) < 4.78 is 6.49. The number of rotatable bonds is 5. The maximum atomic E-state index is 12.4. The SMILES string of the molecule is O=C(O)CCOC1CCN(C(=O)c2ccccc2I)CC1. The minimum Gasteiger partial charge on any atom is -0.481 e. The Labute approximate surface area is 137 Å². The number of carboxylic acid groups (broad SMARTS) is 1. The van der Waals surface area contributed by atoms with Crippen molar-refractivity contribution in [1.82, 2.24) is 4.90 Å². The highest BCUT2D eigenvalue weighted by Gasteiger charge is 2.24. The maximum Gasteiger partial charge on any atom is 0.305 e. The van der Waals surface area contributed by atoms with Gasteiger partial charge in [0.25, 0.3) is 5.91 Å². The monoisotopic (exact) mass is 403 g/mol. The van der Waals surface area contributed by atoms with E-state index in [2.05, 4.69) is 22.6 Å². The van der Waals surface area contributed by atoms with Gasteiger partial charge in [0.05, 0.1) is 24.7 Å². The molecule has 0 spiro atoms. The van der Waals surface area contributed by atoms with Crippen molar-refractivity contribution in [2.45, 2.75) is 25.4 Å². The Morgan fingerprint density at radius 1 is 1.29 bits per heavy atom. The van der Waals surface area contributed by atoms with E-state index in [0.29, 0.717) is 13.1 Å². The van der Waals surface area contributed by atoms with E-state index in [0.717, 1.165) is 22.0 Å². The average molecular weight is 403 g/mol. The van der Waals surface area contributed by atoms with Crippen LogP contribution in [0.5, 0.6) is 0 Å². The molecule has 2 rings (SSSR count). The molecule has 6 heteroatoms. The van der Waals surface area contributed by atoms with Crippen molar-refractivity contribution in [2.24, 2.45) is 0 Å². The second-order valence-corrected chi connectivity index (χ2v) is 6.15. The molecule has 5 nitrogen and oxygen atoms in total. The first-order valence-corrected chi connectivity index (χ1v) is 8.03. The predicted octanol–water partition coefficient (Wildman–Crippen LogP) is 2.39. The van der Waals surface area contributed by atoms with Crippen LogP contribution in [0.2, 0.25) is 0 Å². The Morgan fingerprint density at radius 2 is 1.95 bits per heavy atom. The fourth-order valence-corrected chi connectivity index (χ4v) is 2.96. The molecule has 0 unspecified atom stereocenters. The lowest BCUT2D eigenvalue weighted by Gasteiger charge is -2.32. The number of ether oxygens (including phenoxy) is 1. The Hall–Kier alpha value is -1.15. The van der Waals surface area contributed by atoms with Crippen LogP contribution in [-0.2, 0) is 9.53 Å². The second-order valence-electron chi connectivity index (χ2n) is 4.99. The molecular formula is C15H18INO4. The van der Waals surface area contributed by atoms with Gasteiger partial charge in [-0.2, -0.15) is 0 Å². The number of hydrogen-bond acceptors (Lipinski definition) is 3. The molecule has 1 saturated heterocycles. The number of halogens is 1. The molecule has 0 aromatic heterocycles. The van der Waals surface area contributed by atoms with Gasteiger partial charge in [-0.3, -0.25) is 9.59 Å². The van der Waals surface area contributed by atoms with Gasteiger partial charge in [-0.05, 0) is 47.6 Å². The van der Waals surface area contributed by atoms with Gasteiger partial charge in [-0.1, -0.05) is 12.1 Å². The Morgan fingerprint density at radius 3 is 2.57 bits per heavy atom. The molecule has 0 bridgehead atoms. The summed E-state index contributed by atoms with van der Waals surface area (Å²) in [5.74, 6) is -0.787. The van der Waals surface area contributed by atoms with Crippen molar-refractivity contribution in [3.05, 3.63) is 33.4 Å². The lowest BCUT2D eigenvalue weighted by Crippen LogP contribution is -2.41. The molecule has 1 aliphatic rings. The van der Waals surface area contributed by atoms with Gasteiger partial charge >= 0.3 is 5.97 Å². The number of nitrogens with zero attached hydrogens (tertiary/aromatic N) is 1. The minimum absolute atomic E-state index is 0.0291. The fraction of sp³-hybridized carbons (Fsp3) is 0.467. The van der Waals surface area contributed by atoms with Crippen LogP contribution in [0.3, 0.4) is 0 Å². The zero-order chi connectivity index (χ0) is 15.2. The van der Waals surface area contributed by atoms with Crippen LogP contribution in [0.4, 0.5) is 0 Å². The zero-order valence-corrected chi connectivity index (χ0v) is 13.8. The Balaban J connectivity index is 1.82. The highest BCUT2D eigenvalue weighted by atomic mass is 127. The van der Waals surface area contributed by atoms with E-state index in [-0.39, 0.29) is 25.0 Å². The van der Waals surface area contributed by atoms with Crippen LogP contribution in [0.1, 0.15) is 29.6 Å². The number of carbonyl (C=O) groups is 2. The van der Waals surface area contributed by atoms with Crippen molar-refractivity contribution >= 4 is 34.5 Å². The van der Waals surface area contributed by atoms with Gasteiger partial charge < -0.3 is 14.7 Å². The van der Waals surface area contributed by atoms with Crippen molar-refractivity contribution in [1.29, 1.82) is 0 Å². The predicted molar refractivity (Wildman–Crippen MR) is 86.3 cm³/mol. The van der Waals surface area contributed by atoms with E-state index >= 15 is 0 Å². The molecule has 1 fully saturated rings. The Kier molecular flexibility index (Phi) is 5.98. The molecule has 1 amide bonds. The molecule has 1 aromatic carbocycles. The third kappa shape index (κ3) is 4.67. The largest absolute Gasteiger partial charge is 0.481 e. The van der Waals surface area contributed by atoms with Crippen molar-refractivity contribution in [2.75, 3.05) is 19.7 Å². The molecule has 0 radical (unpaired) electrons. The van der Waals surface area contributed by atoms with Gasteiger partial charge in [-0.25, -0.2) is 0 Å². The lowest BCUT2D eigenvalue weighted by atomic mass is 10.1. The average Bonchev–Trinajstić information content (AvgIpc) is 2.47. The minimum atomic E-state index is -0.846. The van der Waals surface area contributed by atoms with Crippen LogP contribution < -0.4 is 0 Å². The van der Waals surface area contributed by atoms with Crippen LogP contribution in [0.15, 0.2) is 24.3 Å². The van der Waals surface area contributed by atoms with Crippen molar-refractivity contribution in [3.63, 3.8) is 0 Å². The molecule has 1 aliphatic heterocycles. The summed E-state index contributed by atoms with van der Waals surface area (Å²) in [6, 6.07) is 7.56. The number of piperidine rings is 1.